The van der Waals surface area contributed by atoms with Gasteiger partial charge in [0.1, 0.15) is 0 Å². The summed E-state index contributed by atoms with van der Waals surface area (Å²) in [6.07, 6.45) is 0. The van der Waals surface area contributed by atoms with Crippen molar-refractivity contribution in [1.82, 2.24) is 10.2 Å². The Hall–Kier alpha value is -1.20. The highest BCUT2D eigenvalue weighted by atomic mass is 32.2. The fourth-order valence-electron chi connectivity index (χ4n) is 3.39. The van der Waals surface area contributed by atoms with Crippen LogP contribution in [-0.4, -0.2) is 53.7 Å². The molecule has 2 aliphatic heterocycles. The summed E-state index contributed by atoms with van der Waals surface area (Å²) in [6, 6.07) is 11.2. The lowest BCUT2D eigenvalue weighted by atomic mass is 10.1. The standard InChI is InChI=1S/C16H23N3OS/c1-12-8-18(16(20)15-10-21-11-17-15)9-13(2)19(12)14-6-4-3-5-7-14/h3-7,12-13,15,17H,8-11H2,1-2H3. The molecule has 5 heteroatoms. The Morgan fingerprint density at radius 3 is 2.43 bits per heavy atom. The third-order valence-corrected chi connectivity index (χ3v) is 5.24. The average Bonchev–Trinajstić information content (AvgIpc) is 3.01. The molecular formula is C16H23N3OS. The van der Waals surface area contributed by atoms with E-state index >= 15 is 0 Å². The van der Waals surface area contributed by atoms with Crippen molar-refractivity contribution in [3.05, 3.63) is 30.3 Å². The van der Waals surface area contributed by atoms with Crippen LogP contribution in [0.15, 0.2) is 30.3 Å². The summed E-state index contributed by atoms with van der Waals surface area (Å²) < 4.78 is 0. The van der Waals surface area contributed by atoms with Gasteiger partial charge in [0.2, 0.25) is 5.91 Å². The van der Waals surface area contributed by atoms with Crippen molar-refractivity contribution in [2.75, 3.05) is 29.6 Å². The van der Waals surface area contributed by atoms with E-state index in [0.717, 1.165) is 24.7 Å². The minimum Gasteiger partial charge on any atom is -0.363 e. The number of amides is 1. The molecule has 0 bridgehead atoms. The first-order valence-corrected chi connectivity index (χ1v) is 8.75. The SMILES string of the molecule is CC1CN(C(=O)C2CSCN2)CC(C)N1c1ccccc1. The largest absolute Gasteiger partial charge is 0.363 e. The smallest absolute Gasteiger partial charge is 0.240 e. The number of para-hydroxylation sites is 1. The number of hydrogen-bond donors (Lipinski definition) is 1. The van der Waals surface area contributed by atoms with Crippen LogP contribution in [0.5, 0.6) is 0 Å². The van der Waals surface area contributed by atoms with Crippen molar-refractivity contribution >= 4 is 23.4 Å². The molecule has 0 saturated carbocycles. The number of rotatable bonds is 2. The van der Waals surface area contributed by atoms with Crippen LogP contribution in [0.4, 0.5) is 5.69 Å². The molecule has 3 atom stereocenters. The number of carbonyl (C=O) groups is 1. The molecule has 1 aromatic carbocycles. The molecule has 2 heterocycles. The first-order chi connectivity index (χ1) is 10.2. The molecule has 3 rings (SSSR count). The number of anilines is 1. The van der Waals surface area contributed by atoms with Crippen molar-refractivity contribution in [1.29, 1.82) is 0 Å². The van der Waals surface area contributed by atoms with E-state index in [9.17, 15) is 4.79 Å². The van der Waals surface area contributed by atoms with Gasteiger partial charge in [0, 0.05) is 42.5 Å². The molecule has 4 nitrogen and oxygen atoms in total. The molecule has 114 valence electrons. The molecule has 2 saturated heterocycles. The average molecular weight is 305 g/mol. The quantitative estimate of drug-likeness (QED) is 0.903. The molecule has 3 unspecified atom stereocenters. The van der Waals surface area contributed by atoms with Crippen molar-refractivity contribution in [3.8, 4) is 0 Å². The van der Waals surface area contributed by atoms with Gasteiger partial charge in [-0.05, 0) is 26.0 Å². The summed E-state index contributed by atoms with van der Waals surface area (Å²) in [6.45, 7) is 6.03. The van der Waals surface area contributed by atoms with Crippen molar-refractivity contribution in [2.45, 2.75) is 32.0 Å². The van der Waals surface area contributed by atoms with Crippen molar-refractivity contribution < 1.29 is 4.79 Å². The molecular weight excluding hydrogens is 282 g/mol. The Balaban J connectivity index is 1.70. The lowest BCUT2D eigenvalue weighted by Crippen LogP contribution is -2.60. The summed E-state index contributed by atoms with van der Waals surface area (Å²) in [5.74, 6) is 2.07. The van der Waals surface area contributed by atoms with Gasteiger partial charge in [-0.25, -0.2) is 0 Å². The first-order valence-electron chi connectivity index (χ1n) is 7.60. The number of thioether (sulfide) groups is 1. The zero-order chi connectivity index (χ0) is 14.8. The number of nitrogens with one attached hydrogen (secondary N) is 1. The molecule has 1 aromatic rings. The second kappa shape index (κ2) is 6.28. The van der Waals surface area contributed by atoms with Gasteiger partial charge in [0.05, 0.1) is 6.04 Å². The first kappa shape index (κ1) is 14.7. The molecule has 0 aromatic heterocycles. The third-order valence-electron chi connectivity index (χ3n) is 4.30. The monoisotopic (exact) mass is 305 g/mol. The Bertz CT molecular complexity index is 478. The Morgan fingerprint density at radius 2 is 1.86 bits per heavy atom. The minimum atomic E-state index is 0.0117. The lowest BCUT2D eigenvalue weighted by Gasteiger charge is -2.46. The highest BCUT2D eigenvalue weighted by Gasteiger charge is 2.35. The van der Waals surface area contributed by atoms with Crippen molar-refractivity contribution in [2.24, 2.45) is 0 Å². The number of hydrogen-bond acceptors (Lipinski definition) is 4. The highest BCUT2D eigenvalue weighted by molar-refractivity contribution is 7.99. The molecule has 0 spiro atoms. The fraction of sp³-hybridized carbons (Fsp3) is 0.562. The summed E-state index contributed by atoms with van der Waals surface area (Å²) in [5.41, 5.74) is 1.25. The molecule has 2 fully saturated rings. The van der Waals surface area contributed by atoms with Crippen LogP contribution in [0.2, 0.25) is 0 Å². The molecule has 2 aliphatic rings. The molecule has 1 amide bonds. The summed E-state index contributed by atoms with van der Waals surface area (Å²) in [5, 5.41) is 3.28. The number of piperazine rings is 1. The van der Waals surface area contributed by atoms with Crippen LogP contribution in [0.25, 0.3) is 0 Å². The fourth-order valence-corrected chi connectivity index (χ4v) is 4.32. The maximum Gasteiger partial charge on any atom is 0.240 e. The zero-order valence-electron chi connectivity index (χ0n) is 12.7. The van der Waals surface area contributed by atoms with Gasteiger partial charge in [0.25, 0.3) is 0 Å². The summed E-state index contributed by atoms with van der Waals surface area (Å²) in [7, 11) is 0. The van der Waals surface area contributed by atoms with Gasteiger partial charge < -0.3 is 9.80 Å². The summed E-state index contributed by atoms with van der Waals surface area (Å²) >= 11 is 1.80. The topological polar surface area (TPSA) is 35.6 Å². The molecule has 0 aliphatic carbocycles. The van der Waals surface area contributed by atoms with Crippen LogP contribution in [-0.2, 0) is 4.79 Å². The van der Waals surface area contributed by atoms with Gasteiger partial charge >= 0.3 is 0 Å². The Kier molecular flexibility index (Phi) is 4.40. The van der Waals surface area contributed by atoms with Crippen LogP contribution in [0, 0.1) is 0 Å². The number of carbonyl (C=O) groups excluding carboxylic acids is 1. The lowest BCUT2D eigenvalue weighted by molar-refractivity contribution is -0.133. The van der Waals surface area contributed by atoms with Gasteiger partial charge in [-0.15, -0.1) is 11.8 Å². The van der Waals surface area contributed by atoms with E-state index in [2.05, 4.69) is 48.3 Å². The predicted molar refractivity (Wildman–Crippen MR) is 88.7 cm³/mol. The van der Waals surface area contributed by atoms with E-state index in [4.69, 9.17) is 0 Å². The Morgan fingerprint density at radius 1 is 1.19 bits per heavy atom. The second-order valence-electron chi connectivity index (χ2n) is 5.96. The third kappa shape index (κ3) is 3.04. The number of benzene rings is 1. The van der Waals surface area contributed by atoms with Gasteiger partial charge in [-0.3, -0.25) is 10.1 Å². The molecule has 21 heavy (non-hydrogen) atoms. The van der Waals surface area contributed by atoms with Gasteiger partial charge in [0.15, 0.2) is 0 Å². The number of nitrogens with zero attached hydrogens (tertiary/aromatic N) is 2. The Labute approximate surface area is 130 Å². The highest BCUT2D eigenvalue weighted by Crippen LogP contribution is 2.25. The van der Waals surface area contributed by atoms with E-state index in [0.29, 0.717) is 12.1 Å². The van der Waals surface area contributed by atoms with Crippen LogP contribution in [0.1, 0.15) is 13.8 Å². The summed E-state index contributed by atoms with van der Waals surface area (Å²) in [4.78, 5) is 17.0. The van der Waals surface area contributed by atoms with Gasteiger partial charge in [-0.2, -0.15) is 0 Å². The van der Waals surface area contributed by atoms with Crippen LogP contribution < -0.4 is 10.2 Å². The second-order valence-corrected chi connectivity index (χ2v) is 6.99. The maximum atomic E-state index is 12.6. The van der Waals surface area contributed by atoms with E-state index in [-0.39, 0.29) is 11.9 Å². The van der Waals surface area contributed by atoms with E-state index in [1.165, 1.54) is 5.69 Å². The molecule has 1 N–H and O–H groups in total. The maximum absolute atomic E-state index is 12.6. The van der Waals surface area contributed by atoms with Crippen molar-refractivity contribution in [3.63, 3.8) is 0 Å². The van der Waals surface area contributed by atoms with Gasteiger partial charge in [-0.1, -0.05) is 18.2 Å². The van der Waals surface area contributed by atoms with E-state index in [1.807, 2.05) is 11.0 Å². The van der Waals surface area contributed by atoms with Crippen LogP contribution >= 0.6 is 11.8 Å². The zero-order valence-corrected chi connectivity index (χ0v) is 13.5. The van der Waals surface area contributed by atoms with Crippen LogP contribution in [0.3, 0.4) is 0 Å². The minimum absolute atomic E-state index is 0.0117. The van der Waals surface area contributed by atoms with E-state index in [1.54, 1.807) is 11.8 Å². The molecule has 0 radical (unpaired) electrons. The van der Waals surface area contributed by atoms with E-state index < -0.39 is 0 Å². The normalized spacial score (nSPS) is 29.7. The predicted octanol–water partition coefficient (Wildman–Crippen LogP) is 1.77.